The molecule has 0 spiro atoms. The summed E-state index contributed by atoms with van der Waals surface area (Å²) >= 11 is 0. The maximum atomic E-state index is 12.3. The van der Waals surface area contributed by atoms with E-state index in [4.69, 9.17) is 0 Å². The highest BCUT2D eigenvalue weighted by Gasteiger charge is 2.16. The minimum absolute atomic E-state index is 0.524. The summed E-state index contributed by atoms with van der Waals surface area (Å²) < 4.78 is 0. The van der Waals surface area contributed by atoms with Crippen LogP contribution in [0.15, 0.2) is 18.2 Å². The van der Waals surface area contributed by atoms with Gasteiger partial charge in [0.2, 0.25) is 0 Å². The van der Waals surface area contributed by atoms with Gasteiger partial charge in [-0.25, -0.2) is 5.11 Å². The molecule has 95 valence electrons. The standard InChI is InChI=1S/C16H25O/c1-4-8-13-11-7-12-14(9-5-2)16(13)15(17)10-6-3/h7,11-12,15H,4-6,8-10H2,1-3H3. The molecule has 0 amide bonds. The lowest BCUT2D eigenvalue weighted by Gasteiger charge is -2.17. The van der Waals surface area contributed by atoms with Gasteiger partial charge < -0.3 is 0 Å². The second-order valence-electron chi connectivity index (χ2n) is 4.77. The van der Waals surface area contributed by atoms with Gasteiger partial charge in [-0.05, 0) is 36.0 Å². The number of benzene rings is 1. The Kier molecular flexibility index (Phi) is 6.28. The molecule has 1 aromatic rings. The topological polar surface area (TPSA) is 19.9 Å². The molecule has 1 atom stereocenters. The normalized spacial score (nSPS) is 12.7. The third-order valence-electron chi connectivity index (χ3n) is 3.20. The van der Waals surface area contributed by atoms with E-state index >= 15 is 0 Å². The van der Waals surface area contributed by atoms with Crippen molar-refractivity contribution in [3.05, 3.63) is 34.9 Å². The summed E-state index contributed by atoms with van der Waals surface area (Å²) in [4.78, 5) is 0. The van der Waals surface area contributed by atoms with Crippen molar-refractivity contribution in [3.8, 4) is 0 Å². The van der Waals surface area contributed by atoms with E-state index in [0.29, 0.717) is 0 Å². The van der Waals surface area contributed by atoms with Crippen LogP contribution in [-0.2, 0) is 17.9 Å². The van der Waals surface area contributed by atoms with Gasteiger partial charge in [0.1, 0.15) is 6.10 Å². The summed E-state index contributed by atoms with van der Waals surface area (Å²) in [7, 11) is 0. The van der Waals surface area contributed by atoms with Gasteiger partial charge in [-0.2, -0.15) is 0 Å². The van der Waals surface area contributed by atoms with Crippen LogP contribution in [0.1, 0.15) is 69.2 Å². The minimum atomic E-state index is -0.524. The highest BCUT2D eigenvalue weighted by Crippen LogP contribution is 2.28. The maximum Gasteiger partial charge on any atom is 0.118 e. The summed E-state index contributed by atoms with van der Waals surface area (Å²) in [5, 5.41) is 12.3. The van der Waals surface area contributed by atoms with E-state index in [9.17, 15) is 5.11 Å². The molecule has 1 unspecified atom stereocenters. The Balaban J connectivity index is 3.07. The highest BCUT2D eigenvalue weighted by molar-refractivity contribution is 5.37. The predicted molar refractivity (Wildman–Crippen MR) is 72.8 cm³/mol. The third-order valence-corrected chi connectivity index (χ3v) is 3.20. The van der Waals surface area contributed by atoms with Crippen molar-refractivity contribution in [2.75, 3.05) is 0 Å². The molecular formula is C16H25O. The zero-order valence-electron chi connectivity index (χ0n) is 11.5. The fourth-order valence-electron chi connectivity index (χ4n) is 2.46. The average Bonchev–Trinajstić information content (AvgIpc) is 2.30. The monoisotopic (exact) mass is 233 g/mol. The zero-order chi connectivity index (χ0) is 12.7. The highest BCUT2D eigenvalue weighted by atomic mass is 16.3. The molecule has 0 heterocycles. The Labute approximate surface area is 106 Å². The van der Waals surface area contributed by atoms with Crippen molar-refractivity contribution in [1.29, 1.82) is 0 Å². The molecule has 0 bridgehead atoms. The van der Waals surface area contributed by atoms with Crippen molar-refractivity contribution < 1.29 is 5.11 Å². The van der Waals surface area contributed by atoms with Crippen molar-refractivity contribution in [2.24, 2.45) is 0 Å². The zero-order valence-corrected chi connectivity index (χ0v) is 11.5. The number of rotatable bonds is 7. The first-order valence-electron chi connectivity index (χ1n) is 7.01. The van der Waals surface area contributed by atoms with Crippen LogP contribution in [-0.4, -0.2) is 0 Å². The van der Waals surface area contributed by atoms with E-state index in [1.54, 1.807) is 0 Å². The van der Waals surface area contributed by atoms with Crippen LogP contribution >= 0.6 is 0 Å². The Morgan fingerprint density at radius 3 is 1.88 bits per heavy atom. The Morgan fingerprint density at radius 1 is 0.941 bits per heavy atom. The minimum Gasteiger partial charge on any atom is -0.228 e. The molecule has 1 radical (unpaired) electrons. The van der Waals surface area contributed by atoms with Gasteiger partial charge in [0, 0.05) is 0 Å². The van der Waals surface area contributed by atoms with Crippen molar-refractivity contribution in [2.45, 2.75) is 65.4 Å². The Morgan fingerprint density at radius 2 is 1.47 bits per heavy atom. The fourth-order valence-corrected chi connectivity index (χ4v) is 2.46. The van der Waals surface area contributed by atoms with Crippen LogP contribution < -0.4 is 0 Å². The van der Waals surface area contributed by atoms with Crippen LogP contribution in [0.4, 0.5) is 0 Å². The lowest BCUT2D eigenvalue weighted by Crippen LogP contribution is -2.05. The summed E-state index contributed by atoms with van der Waals surface area (Å²) in [6.45, 7) is 6.44. The molecule has 1 nitrogen and oxygen atoms in total. The van der Waals surface area contributed by atoms with Crippen LogP contribution in [0.5, 0.6) is 0 Å². The molecular weight excluding hydrogens is 208 g/mol. The molecule has 0 saturated carbocycles. The van der Waals surface area contributed by atoms with Gasteiger partial charge >= 0.3 is 0 Å². The average molecular weight is 233 g/mol. The molecule has 1 rings (SSSR count). The van der Waals surface area contributed by atoms with Gasteiger partial charge in [0.15, 0.2) is 0 Å². The first kappa shape index (κ1) is 14.2. The summed E-state index contributed by atoms with van der Waals surface area (Å²) in [5.74, 6) is 0. The van der Waals surface area contributed by atoms with E-state index in [-0.39, 0.29) is 0 Å². The lowest BCUT2D eigenvalue weighted by molar-refractivity contribution is 0.0789. The van der Waals surface area contributed by atoms with Crippen LogP contribution in [0.25, 0.3) is 0 Å². The van der Waals surface area contributed by atoms with Crippen LogP contribution in [0.2, 0.25) is 0 Å². The van der Waals surface area contributed by atoms with Gasteiger partial charge in [0.25, 0.3) is 0 Å². The Bertz CT molecular complexity index is 306. The predicted octanol–water partition coefficient (Wildman–Crippen LogP) is 4.86. The number of hydrogen-bond donors (Lipinski definition) is 0. The maximum absolute atomic E-state index is 12.3. The molecule has 0 aliphatic rings. The summed E-state index contributed by atoms with van der Waals surface area (Å²) in [6, 6.07) is 6.38. The van der Waals surface area contributed by atoms with Crippen molar-refractivity contribution in [1.82, 2.24) is 0 Å². The first-order chi connectivity index (χ1) is 8.24. The quantitative estimate of drug-likeness (QED) is 0.640. The van der Waals surface area contributed by atoms with E-state index in [0.717, 1.165) is 44.1 Å². The number of aryl methyl sites for hydroxylation is 2. The number of hydrogen-bond acceptors (Lipinski definition) is 0. The second-order valence-corrected chi connectivity index (χ2v) is 4.77. The second kappa shape index (κ2) is 7.50. The third kappa shape index (κ3) is 3.85. The fraction of sp³-hybridized carbons (Fsp3) is 0.625. The van der Waals surface area contributed by atoms with E-state index in [1.807, 2.05) is 0 Å². The molecule has 0 aliphatic carbocycles. The van der Waals surface area contributed by atoms with Gasteiger partial charge in [-0.15, -0.1) is 0 Å². The smallest absolute Gasteiger partial charge is 0.118 e. The van der Waals surface area contributed by atoms with Crippen molar-refractivity contribution >= 4 is 0 Å². The molecule has 0 aliphatic heterocycles. The molecule has 1 heteroatoms. The first-order valence-corrected chi connectivity index (χ1v) is 7.01. The molecule has 17 heavy (non-hydrogen) atoms. The molecule has 1 aromatic carbocycles. The van der Waals surface area contributed by atoms with Crippen LogP contribution in [0.3, 0.4) is 0 Å². The lowest BCUT2D eigenvalue weighted by atomic mass is 9.90. The summed E-state index contributed by atoms with van der Waals surface area (Å²) in [5.41, 5.74) is 3.68. The molecule has 0 aromatic heterocycles. The van der Waals surface area contributed by atoms with Gasteiger partial charge in [-0.3, -0.25) is 0 Å². The molecule has 0 fully saturated rings. The Hall–Kier alpha value is -0.820. The summed E-state index contributed by atoms with van der Waals surface area (Å²) in [6.07, 6.45) is 5.51. The SMILES string of the molecule is CCCc1cccc(CCC)c1C([O])CCC. The molecule has 0 N–H and O–H groups in total. The van der Waals surface area contributed by atoms with E-state index < -0.39 is 6.10 Å². The van der Waals surface area contributed by atoms with Crippen LogP contribution in [0, 0.1) is 0 Å². The van der Waals surface area contributed by atoms with Gasteiger partial charge in [-0.1, -0.05) is 58.2 Å². The van der Waals surface area contributed by atoms with Crippen molar-refractivity contribution in [3.63, 3.8) is 0 Å². The largest absolute Gasteiger partial charge is 0.228 e. The van der Waals surface area contributed by atoms with E-state index in [2.05, 4.69) is 39.0 Å². The molecule has 0 saturated heterocycles. The van der Waals surface area contributed by atoms with Gasteiger partial charge in [0.05, 0.1) is 0 Å². The van der Waals surface area contributed by atoms with E-state index in [1.165, 1.54) is 11.1 Å².